The van der Waals surface area contributed by atoms with E-state index in [9.17, 15) is 0 Å². The zero-order chi connectivity index (χ0) is 14.8. The summed E-state index contributed by atoms with van der Waals surface area (Å²) in [6.45, 7) is 13.7. The van der Waals surface area contributed by atoms with Crippen molar-refractivity contribution < 1.29 is 0 Å². The second-order valence-corrected chi connectivity index (χ2v) is 6.25. The SMILES string of the molecule is CCCCN1BN(CCCC)B(CC)N(CCCC)B1. The third-order valence-electron chi connectivity index (χ3n) is 4.40. The van der Waals surface area contributed by atoms with Crippen LogP contribution >= 0.6 is 0 Å². The van der Waals surface area contributed by atoms with Crippen LogP contribution in [0.25, 0.3) is 0 Å². The van der Waals surface area contributed by atoms with Crippen molar-refractivity contribution in [3.8, 4) is 0 Å². The van der Waals surface area contributed by atoms with Gasteiger partial charge in [0.1, 0.15) is 0 Å². The molecule has 6 heteroatoms. The van der Waals surface area contributed by atoms with Crippen LogP contribution in [0.4, 0.5) is 0 Å². The monoisotopic (exact) mass is 277 g/mol. The lowest BCUT2D eigenvalue weighted by molar-refractivity contribution is 0.439. The van der Waals surface area contributed by atoms with Crippen LogP contribution in [0.3, 0.4) is 0 Å². The van der Waals surface area contributed by atoms with Gasteiger partial charge in [-0.15, -0.1) is 0 Å². The Hall–Kier alpha value is 0.0748. The molecule has 114 valence electrons. The van der Waals surface area contributed by atoms with E-state index in [0.717, 1.165) is 0 Å². The molecule has 0 atom stereocenters. The van der Waals surface area contributed by atoms with E-state index in [-0.39, 0.29) is 0 Å². The molecule has 1 aliphatic rings. The lowest BCUT2D eigenvalue weighted by Crippen LogP contribution is -2.67. The van der Waals surface area contributed by atoms with Crippen molar-refractivity contribution in [2.45, 2.75) is 72.5 Å². The molecule has 1 rings (SSSR count). The molecule has 0 amide bonds. The Morgan fingerprint density at radius 1 is 0.700 bits per heavy atom. The lowest BCUT2D eigenvalue weighted by Gasteiger charge is -2.46. The highest BCUT2D eigenvalue weighted by atomic mass is 15.3. The average molecular weight is 277 g/mol. The topological polar surface area (TPSA) is 9.72 Å². The highest BCUT2D eigenvalue weighted by Gasteiger charge is 2.35. The van der Waals surface area contributed by atoms with Crippen LogP contribution in [0.5, 0.6) is 0 Å². The highest BCUT2D eigenvalue weighted by molar-refractivity contribution is 6.74. The second-order valence-electron chi connectivity index (χ2n) is 6.25. The Morgan fingerprint density at radius 2 is 1.15 bits per heavy atom. The van der Waals surface area contributed by atoms with Crippen LogP contribution in [0, 0.1) is 0 Å². The van der Waals surface area contributed by atoms with Crippen molar-refractivity contribution in [1.29, 1.82) is 0 Å². The number of unbranched alkanes of at least 4 members (excludes halogenated alkanes) is 3. The van der Waals surface area contributed by atoms with Crippen molar-refractivity contribution in [2.24, 2.45) is 0 Å². The third-order valence-corrected chi connectivity index (χ3v) is 4.40. The molecule has 0 aromatic carbocycles. The summed E-state index contributed by atoms with van der Waals surface area (Å²) in [7, 11) is 2.36. The standard InChI is InChI=1S/C14H34B3N3/c1-5-9-12-18-15-19(13-10-6-2)17(8-4)20(16-18)14-11-7-3/h15-16H,5-14H2,1-4H3. The molecule has 1 aliphatic heterocycles. The van der Waals surface area contributed by atoms with Gasteiger partial charge in [-0.05, 0) is 45.2 Å². The summed E-state index contributed by atoms with van der Waals surface area (Å²) in [5, 5.41) is 0. The van der Waals surface area contributed by atoms with Crippen molar-refractivity contribution in [1.82, 2.24) is 14.2 Å². The van der Waals surface area contributed by atoms with E-state index < -0.39 is 0 Å². The predicted molar refractivity (Wildman–Crippen MR) is 95.4 cm³/mol. The highest BCUT2D eigenvalue weighted by Crippen LogP contribution is 2.14. The summed E-state index contributed by atoms with van der Waals surface area (Å²) in [5.74, 6) is 0. The maximum atomic E-state index is 2.72. The van der Waals surface area contributed by atoms with Gasteiger partial charge in [0.05, 0.1) is 0 Å². The molecule has 0 aromatic rings. The number of hydrogen-bond donors (Lipinski definition) is 0. The van der Waals surface area contributed by atoms with Crippen molar-refractivity contribution in [3.63, 3.8) is 0 Å². The van der Waals surface area contributed by atoms with E-state index in [2.05, 4.69) is 41.9 Å². The van der Waals surface area contributed by atoms with Crippen LogP contribution in [0.15, 0.2) is 0 Å². The average Bonchev–Trinajstić information content (AvgIpc) is 2.48. The molecule has 0 bridgehead atoms. The van der Waals surface area contributed by atoms with E-state index in [0.29, 0.717) is 6.98 Å². The summed E-state index contributed by atoms with van der Waals surface area (Å²) in [6.07, 6.45) is 9.17. The zero-order valence-corrected chi connectivity index (χ0v) is 14.4. The summed E-state index contributed by atoms with van der Waals surface area (Å²) in [6, 6.07) is 0. The van der Waals surface area contributed by atoms with Gasteiger partial charge in [-0.3, -0.25) is 0 Å². The van der Waals surface area contributed by atoms with Crippen LogP contribution in [-0.4, -0.2) is 55.9 Å². The molecule has 0 radical (unpaired) electrons. The first-order valence-electron chi connectivity index (χ1n) is 8.97. The van der Waals surface area contributed by atoms with E-state index in [1.165, 1.54) is 79.6 Å². The Bertz CT molecular complexity index is 226. The molecular weight excluding hydrogens is 243 g/mol. The minimum absolute atomic E-state index is 0.672. The molecule has 0 aliphatic carbocycles. The quantitative estimate of drug-likeness (QED) is 0.567. The molecule has 3 nitrogen and oxygen atoms in total. The zero-order valence-electron chi connectivity index (χ0n) is 14.4. The predicted octanol–water partition coefficient (Wildman–Crippen LogP) is 2.35. The summed E-state index contributed by atoms with van der Waals surface area (Å²) in [5.41, 5.74) is 0. The van der Waals surface area contributed by atoms with Crippen LogP contribution in [-0.2, 0) is 0 Å². The molecular formula is C14H34B3N3. The molecule has 1 saturated heterocycles. The van der Waals surface area contributed by atoms with Gasteiger partial charge >= 0.3 is 0 Å². The first-order chi connectivity index (χ1) is 9.76. The van der Waals surface area contributed by atoms with E-state index >= 15 is 0 Å². The van der Waals surface area contributed by atoms with Crippen molar-refractivity contribution in [2.75, 3.05) is 19.6 Å². The van der Waals surface area contributed by atoms with Gasteiger partial charge in [0, 0.05) is 0 Å². The molecule has 0 aromatic heterocycles. The number of hydrogen-bond acceptors (Lipinski definition) is 3. The molecule has 0 unspecified atom stereocenters. The van der Waals surface area contributed by atoms with Gasteiger partial charge in [0.25, 0.3) is 22.1 Å². The molecule has 0 N–H and O–H groups in total. The minimum Gasteiger partial charge on any atom is -0.363 e. The third kappa shape index (κ3) is 5.83. The lowest BCUT2D eigenvalue weighted by atomic mass is 9.56. The van der Waals surface area contributed by atoms with E-state index in [1.807, 2.05) is 0 Å². The van der Waals surface area contributed by atoms with Crippen LogP contribution < -0.4 is 0 Å². The fourth-order valence-corrected chi connectivity index (χ4v) is 3.18. The molecule has 0 saturated carbocycles. The minimum atomic E-state index is 0.672. The second kappa shape index (κ2) is 10.8. The van der Waals surface area contributed by atoms with Gasteiger partial charge in [-0.2, -0.15) is 0 Å². The van der Waals surface area contributed by atoms with Gasteiger partial charge in [0.15, 0.2) is 0 Å². The smallest absolute Gasteiger partial charge is 0.289 e. The van der Waals surface area contributed by atoms with E-state index in [1.54, 1.807) is 0 Å². The van der Waals surface area contributed by atoms with Crippen molar-refractivity contribution >= 4 is 22.1 Å². The molecule has 0 spiro atoms. The number of rotatable bonds is 10. The van der Waals surface area contributed by atoms with Crippen LogP contribution in [0.2, 0.25) is 6.32 Å². The Morgan fingerprint density at radius 3 is 1.55 bits per heavy atom. The molecule has 1 heterocycles. The summed E-state index contributed by atoms with van der Waals surface area (Å²) >= 11 is 0. The fourth-order valence-electron chi connectivity index (χ4n) is 3.18. The van der Waals surface area contributed by atoms with E-state index in [4.69, 9.17) is 0 Å². The fraction of sp³-hybridized carbons (Fsp3) is 1.00. The first kappa shape index (κ1) is 18.1. The Balaban J connectivity index is 2.62. The normalized spacial score (nSPS) is 18.1. The van der Waals surface area contributed by atoms with Gasteiger partial charge in [-0.25, -0.2) is 0 Å². The Kier molecular flexibility index (Phi) is 9.74. The summed E-state index contributed by atoms with van der Waals surface area (Å²) < 4.78 is 8.09. The molecule has 20 heavy (non-hydrogen) atoms. The van der Waals surface area contributed by atoms with Gasteiger partial charge in [-0.1, -0.05) is 47.0 Å². The first-order valence-corrected chi connectivity index (χ1v) is 8.97. The van der Waals surface area contributed by atoms with Gasteiger partial charge in [0.2, 0.25) is 0 Å². The largest absolute Gasteiger partial charge is 0.363 e. The summed E-state index contributed by atoms with van der Waals surface area (Å²) in [4.78, 5) is 0. The maximum Gasteiger partial charge on any atom is 0.289 e. The van der Waals surface area contributed by atoms with Crippen molar-refractivity contribution in [3.05, 3.63) is 0 Å². The Labute approximate surface area is 129 Å². The molecule has 1 fully saturated rings. The maximum absolute atomic E-state index is 2.72. The van der Waals surface area contributed by atoms with Crippen LogP contribution in [0.1, 0.15) is 66.2 Å². The number of nitrogens with zero attached hydrogens (tertiary/aromatic N) is 3. The van der Waals surface area contributed by atoms with Gasteiger partial charge < -0.3 is 14.2 Å².